The molecule has 0 unspecified atom stereocenters. The van der Waals surface area contributed by atoms with E-state index in [-0.39, 0.29) is 35.6 Å². The van der Waals surface area contributed by atoms with Crippen molar-refractivity contribution in [3.05, 3.63) is 41.5 Å². The van der Waals surface area contributed by atoms with Crippen molar-refractivity contribution in [3.8, 4) is 11.1 Å². The highest BCUT2D eigenvalue weighted by molar-refractivity contribution is 6.21. The number of carbonyl (C=O) groups is 2. The maximum atomic E-state index is 14.0. The molecule has 2 heterocycles. The Balaban J connectivity index is 1.66. The van der Waals surface area contributed by atoms with Gasteiger partial charge in [0.15, 0.2) is 0 Å². The van der Waals surface area contributed by atoms with Gasteiger partial charge in [-0.05, 0) is 17.7 Å². The van der Waals surface area contributed by atoms with Crippen LogP contribution in [0.4, 0.5) is 23.2 Å². The minimum Gasteiger partial charge on any atom is -0.323 e. The van der Waals surface area contributed by atoms with Gasteiger partial charge in [0.1, 0.15) is 5.69 Å². The molecule has 2 N–H and O–H groups in total. The molecule has 0 atom stereocenters. The number of aromatic nitrogens is 2. The van der Waals surface area contributed by atoms with E-state index >= 15 is 0 Å². The van der Waals surface area contributed by atoms with Crippen molar-refractivity contribution < 1.29 is 27.2 Å². The summed E-state index contributed by atoms with van der Waals surface area (Å²) in [6.07, 6.45) is -3.82. The first-order chi connectivity index (χ1) is 12.2. The van der Waals surface area contributed by atoms with Crippen LogP contribution < -0.4 is 10.6 Å². The van der Waals surface area contributed by atoms with Gasteiger partial charge in [0.25, 0.3) is 5.91 Å². The van der Waals surface area contributed by atoms with Gasteiger partial charge in [-0.3, -0.25) is 9.59 Å². The number of anilines is 1. The number of ketones is 1. The van der Waals surface area contributed by atoms with E-state index in [1.165, 1.54) is 18.2 Å². The van der Waals surface area contributed by atoms with E-state index in [4.69, 9.17) is 0 Å². The normalized spacial score (nSPS) is 17.3. The second-order valence-electron chi connectivity index (χ2n) is 6.07. The number of benzene rings is 1. The predicted octanol–water partition coefficient (Wildman–Crippen LogP) is 1.96. The van der Waals surface area contributed by atoms with Crippen LogP contribution in [0.2, 0.25) is 0 Å². The van der Waals surface area contributed by atoms with Crippen molar-refractivity contribution in [3.63, 3.8) is 0 Å². The number of alkyl halides is 4. The molecule has 4 rings (SSSR count). The molecule has 1 aliphatic carbocycles. The van der Waals surface area contributed by atoms with E-state index in [0.29, 0.717) is 5.56 Å². The van der Waals surface area contributed by atoms with E-state index in [0.717, 1.165) is 6.20 Å². The van der Waals surface area contributed by atoms with E-state index < -0.39 is 29.4 Å². The van der Waals surface area contributed by atoms with Crippen molar-refractivity contribution >= 4 is 17.4 Å². The van der Waals surface area contributed by atoms with E-state index in [2.05, 4.69) is 20.6 Å². The molecule has 0 spiro atoms. The minimum atomic E-state index is -4.77. The lowest BCUT2D eigenvalue weighted by molar-refractivity contribution is -0.145. The number of carbonyl (C=O) groups excluding carboxylic acids is 2. The summed E-state index contributed by atoms with van der Waals surface area (Å²) >= 11 is 0. The average molecular weight is 366 g/mol. The lowest BCUT2D eigenvalue weighted by Gasteiger charge is -2.33. The summed E-state index contributed by atoms with van der Waals surface area (Å²) in [5, 5.41) is 5.02. The number of halogens is 4. The predicted molar refractivity (Wildman–Crippen MR) is 81.2 cm³/mol. The molecule has 26 heavy (non-hydrogen) atoms. The molecule has 1 aromatic carbocycles. The lowest BCUT2D eigenvalue weighted by atomic mass is 9.98. The van der Waals surface area contributed by atoms with Crippen molar-refractivity contribution in [1.82, 2.24) is 15.3 Å². The van der Waals surface area contributed by atoms with Gasteiger partial charge in [0.05, 0.1) is 0 Å². The first-order valence-corrected chi connectivity index (χ1v) is 7.53. The van der Waals surface area contributed by atoms with Gasteiger partial charge in [-0.15, -0.1) is 0 Å². The van der Waals surface area contributed by atoms with Gasteiger partial charge < -0.3 is 10.6 Å². The van der Waals surface area contributed by atoms with Crippen LogP contribution in [0.1, 0.15) is 21.9 Å². The summed E-state index contributed by atoms with van der Waals surface area (Å²) in [6, 6.07) is 4.18. The third kappa shape index (κ3) is 2.45. The minimum absolute atomic E-state index is 0.0751. The highest BCUT2D eigenvalue weighted by atomic mass is 19.4. The third-order valence-electron chi connectivity index (χ3n) is 4.29. The number of fused-ring (bicyclic) bond motifs is 3. The molecule has 1 fully saturated rings. The first kappa shape index (κ1) is 16.6. The first-order valence-electron chi connectivity index (χ1n) is 7.53. The monoisotopic (exact) mass is 366 g/mol. The molecule has 1 aromatic heterocycles. The molecule has 0 bridgehead atoms. The van der Waals surface area contributed by atoms with E-state index in [1.54, 1.807) is 0 Å². The molecule has 1 saturated heterocycles. The highest BCUT2D eigenvalue weighted by Gasteiger charge is 2.45. The summed E-state index contributed by atoms with van der Waals surface area (Å²) in [4.78, 5) is 30.9. The zero-order valence-electron chi connectivity index (χ0n) is 12.9. The molecule has 1 amide bonds. The number of nitrogens with one attached hydrogen (secondary N) is 2. The van der Waals surface area contributed by atoms with Crippen LogP contribution in [0, 0.1) is 0 Å². The van der Waals surface area contributed by atoms with Crippen molar-refractivity contribution in [2.24, 2.45) is 0 Å². The molecule has 10 heteroatoms. The molecule has 0 saturated carbocycles. The van der Waals surface area contributed by atoms with Gasteiger partial charge >= 0.3 is 6.18 Å². The van der Waals surface area contributed by atoms with Crippen molar-refractivity contribution in [2.75, 3.05) is 18.4 Å². The van der Waals surface area contributed by atoms with Crippen LogP contribution in [0.5, 0.6) is 0 Å². The smallest absolute Gasteiger partial charge is 0.323 e. The van der Waals surface area contributed by atoms with Gasteiger partial charge in [-0.2, -0.15) is 13.2 Å². The van der Waals surface area contributed by atoms with Crippen LogP contribution in [0.15, 0.2) is 24.4 Å². The SMILES string of the molecule is O=C1c2cc(NC(=O)C3(F)CNC3)ccc2-c2cnc(C(F)(F)F)nc21. The Hall–Kier alpha value is -2.88. The standard InChI is InChI=1S/C16H10F4N4O2/c17-15(5-21-6-15)14(26)23-7-1-2-8-9(3-7)12(25)11-10(8)4-22-13(24-11)16(18,19)20/h1-4,21H,5-6H2,(H,23,26). The van der Waals surface area contributed by atoms with Crippen molar-refractivity contribution in [2.45, 2.75) is 11.8 Å². The molecular weight excluding hydrogens is 356 g/mol. The molecule has 134 valence electrons. The zero-order chi connectivity index (χ0) is 18.7. The van der Waals surface area contributed by atoms with Gasteiger partial charge in [0.2, 0.25) is 17.3 Å². The average Bonchev–Trinajstić information content (AvgIpc) is 2.84. The van der Waals surface area contributed by atoms with E-state index in [1.807, 2.05) is 0 Å². The Morgan fingerprint density at radius 3 is 2.54 bits per heavy atom. The maximum absolute atomic E-state index is 14.0. The Bertz CT molecular complexity index is 954. The van der Waals surface area contributed by atoms with Gasteiger partial charge in [-0.25, -0.2) is 14.4 Å². The summed E-state index contributed by atoms with van der Waals surface area (Å²) < 4.78 is 52.3. The number of hydrogen-bond acceptors (Lipinski definition) is 5. The van der Waals surface area contributed by atoms with Crippen LogP contribution in [-0.4, -0.2) is 40.4 Å². The van der Waals surface area contributed by atoms with Crippen LogP contribution in [0.3, 0.4) is 0 Å². The van der Waals surface area contributed by atoms with Gasteiger partial charge in [-0.1, -0.05) is 6.07 Å². The molecule has 1 aliphatic heterocycles. The maximum Gasteiger partial charge on any atom is 0.451 e. The van der Waals surface area contributed by atoms with Gasteiger partial charge in [0, 0.05) is 36.1 Å². The van der Waals surface area contributed by atoms with Crippen LogP contribution >= 0.6 is 0 Å². The molecule has 6 nitrogen and oxygen atoms in total. The number of hydrogen-bond donors (Lipinski definition) is 2. The summed E-state index contributed by atoms with van der Waals surface area (Å²) in [5.74, 6) is -2.96. The number of rotatable bonds is 2. The Morgan fingerprint density at radius 1 is 1.19 bits per heavy atom. The molecular formula is C16H10F4N4O2. The van der Waals surface area contributed by atoms with Crippen LogP contribution in [0.25, 0.3) is 11.1 Å². The second kappa shape index (κ2) is 5.31. The zero-order valence-corrected chi connectivity index (χ0v) is 12.9. The molecule has 2 aliphatic rings. The Morgan fingerprint density at radius 2 is 1.92 bits per heavy atom. The molecule has 0 radical (unpaired) electrons. The largest absolute Gasteiger partial charge is 0.451 e. The second-order valence-corrected chi connectivity index (χ2v) is 6.07. The quantitative estimate of drug-likeness (QED) is 0.678. The number of amides is 1. The summed E-state index contributed by atoms with van der Waals surface area (Å²) in [5.41, 5.74) is -1.58. The fraction of sp³-hybridized carbons (Fsp3) is 0.250. The lowest BCUT2D eigenvalue weighted by Crippen LogP contribution is -2.62. The fourth-order valence-electron chi connectivity index (χ4n) is 2.81. The summed E-state index contributed by atoms with van der Waals surface area (Å²) in [7, 11) is 0. The Labute approximate surface area is 143 Å². The van der Waals surface area contributed by atoms with E-state index in [9.17, 15) is 27.2 Å². The fourth-order valence-corrected chi connectivity index (χ4v) is 2.81. The summed E-state index contributed by atoms with van der Waals surface area (Å²) in [6.45, 7) is -0.214. The van der Waals surface area contributed by atoms with Crippen LogP contribution in [-0.2, 0) is 11.0 Å². The highest BCUT2D eigenvalue weighted by Crippen LogP contribution is 2.38. The Kier molecular flexibility index (Phi) is 3.38. The van der Waals surface area contributed by atoms with Crippen molar-refractivity contribution in [1.29, 1.82) is 0 Å². The third-order valence-corrected chi connectivity index (χ3v) is 4.29. The topological polar surface area (TPSA) is 84.0 Å². The number of nitrogens with zero attached hydrogens (tertiary/aromatic N) is 2. The molecule has 2 aromatic rings.